The largest absolute Gasteiger partial charge is 0.493 e. The summed E-state index contributed by atoms with van der Waals surface area (Å²) in [5.41, 5.74) is 0.710. The average molecular weight is 337 g/mol. The first-order chi connectivity index (χ1) is 11.2. The second kappa shape index (κ2) is 8.57. The van der Waals surface area contributed by atoms with Crippen LogP contribution in [0.4, 0.5) is 0 Å². The zero-order chi connectivity index (χ0) is 18.3. The Balaban J connectivity index is 2.93. The van der Waals surface area contributed by atoms with Crippen molar-refractivity contribution in [3.05, 3.63) is 23.8 Å². The van der Waals surface area contributed by atoms with E-state index in [9.17, 15) is 9.59 Å². The van der Waals surface area contributed by atoms with Gasteiger partial charge in [0.15, 0.2) is 11.5 Å². The predicted octanol–water partition coefficient (Wildman–Crippen LogP) is 3.16. The molecular weight excluding hydrogens is 310 g/mol. The van der Waals surface area contributed by atoms with Gasteiger partial charge in [-0.3, -0.25) is 9.59 Å². The molecule has 0 radical (unpaired) electrons. The fraction of sp³-hybridized carbons (Fsp3) is 0.556. The molecule has 0 bridgehead atoms. The first-order valence-electron chi connectivity index (χ1n) is 7.89. The van der Waals surface area contributed by atoms with Crippen molar-refractivity contribution in [3.63, 3.8) is 0 Å². The third-order valence-corrected chi connectivity index (χ3v) is 3.63. The number of nitrogens with one attached hydrogen (secondary N) is 1. The maximum absolute atomic E-state index is 12.2. The van der Waals surface area contributed by atoms with E-state index in [0.717, 1.165) is 6.42 Å². The molecule has 1 aromatic rings. The minimum atomic E-state index is -0.981. The molecular formula is C18H27NO5. The number of carboxylic acid groups (broad SMARTS) is 1. The van der Waals surface area contributed by atoms with Gasteiger partial charge in [-0.05, 0) is 29.5 Å². The number of carboxylic acids is 1. The number of aliphatic carboxylic acids is 1. The van der Waals surface area contributed by atoms with Crippen LogP contribution in [0, 0.1) is 5.41 Å². The van der Waals surface area contributed by atoms with E-state index in [1.165, 1.54) is 14.2 Å². The van der Waals surface area contributed by atoms with Crippen molar-refractivity contribution in [3.8, 4) is 11.5 Å². The van der Waals surface area contributed by atoms with Gasteiger partial charge in [0.05, 0.1) is 26.7 Å². The highest BCUT2D eigenvalue weighted by atomic mass is 16.5. The van der Waals surface area contributed by atoms with Crippen LogP contribution in [0.1, 0.15) is 51.6 Å². The van der Waals surface area contributed by atoms with Crippen LogP contribution in [0.5, 0.6) is 11.5 Å². The van der Waals surface area contributed by atoms with Gasteiger partial charge >= 0.3 is 5.97 Å². The van der Waals surface area contributed by atoms with Crippen molar-refractivity contribution in [2.75, 3.05) is 14.2 Å². The van der Waals surface area contributed by atoms with Crippen molar-refractivity contribution in [2.45, 2.75) is 46.1 Å². The van der Waals surface area contributed by atoms with Crippen LogP contribution in [-0.2, 0) is 9.59 Å². The monoisotopic (exact) mass is 337 g/mol. The molecule has 0 aliphatic heterocycles. The van der Waals surface area contributed by atoms with Gasteiger partial charge < -0.3 is 19.9 Å². The number of carbonyl (C=O) groups is 2. The molecule has 0 saturated carbocycles. The summed E-state index contributed by atoms with van der Waals surface area (Å²) in [6, 6.07) is 4.51. The molecule has 1 amide bonds. The number of benzene rings is 1. The predicted molar refractivity (Wildman–Crippen MR) is 91.4 cm³/mol. The molecule has 1 unspecified atom stereocenters. The maximum Gasteiger partial charge on any atom is 0.305 e. The van der Waals surface area contributed by atoms with E-state index >= 15 is 0 Å². The summed E-state index contributed by atoms with van der Waals surface area (Å²) < 4.78 is 10.4. The van der Waals surface area contributed by atoms with Crippen molar-refractivity contribution in [1.29, 1.82) is 0 Å². The number of ether oxygens (including phenoxy) is 2. The minimum absolute atomic E-state index is 0.0446. The number of carbonyl (C=O) groups excluding carboxylic acids is 1. The highest BCUT2D eigenvalue weighted by Crippen LogP contribution is 2.31. The minimum Gasteiger partial charge on any atom is -0.493 e. The summed E-state index contributed by atoms with van der Waals surface area (Å²) in [5, 5.41) is 11.9. The van der Waals surface area contributed by atoms with E-state index in [0.29, 0.717) is 23.5 Å². The topological polar surface area (TPSA) is 84.9 Å². The normalized spacial score (nSPS) is 12.4. The van der Waals surface area contributed by atoms with E-state index < -0.39 is 12.0 Å². The Morgan fingerprint density at radius 1 is 1.17 bits per heavy atom. The fourth-order valence-electron chi connectivity index (χ4n) is 2.25. The molecule has 0 spiro atoms. The molecule has 1 atom stereocenters. The van der Waals surface area contributed by atoms with E-state index in [2.05, 4.69) is 26.1 Å². The van der Waals surface area contributed by atoms with Crippen LogP contribution in [0.15, 0.2) is 18.2 Å². The lowest BCUT2D eigenvalue weighted by Gasteiger charge is -2.21. The Kier molecular flexibility index (Phi) is 7.07. The molecule has 1 rings (SSSR count). The first kappa shape index (κ1) is 19.8. The van der Waals surface area contributed by atoms with Crippen molar-refractivity contribution < 1.29 is 24.2 Å². The lowest BCUT2D eigenvalue weighted by Crippen LogP contribution is -2.30. The molecule has 2 N–H and O–H groups in total. The molecule has 0 aliphatic rings. The number of methoxy groups -OCH3 is 2. The third kappa shape index (κ3) is 6.48. The van der Waals surface area contributed by atoms with E-state index in [4.69, 9.17) is 14.6 Å². The summed E-state index contributed by atoms with van der Waals surface area (Å²) in [5.74, 6) is -0.0967. The second-order valence-electron chi connectivity index (χ2n) is 6.89. The van der Waals surface area contributed by atoms with Gasteiger partial charge in [0.25, 0.3) is 0 Å². The van der Waals surface area contributed by atoms with Crippen LogP contribution >= 0.6 is 0 Å². The molecule has 0 fully saturated rings. The van der Waals surface area contributed by atoms with Gasteiger partial charge in [0.1, 0.15) is 0 Å². The molecule has 0 heterocycles. The summed E-state index contributed by atoms with van der Waals surface area (Å²) in [4.78, 5) is 23.3. The van der Waals surface area contributed by atoms with Gasteiger partial charge in [0, 0.05) is 6.42 Å². The van der Waals surface area contributed by atoms with E-state index in [1.807, 2.05) is 0 Å². The number of rotatable bonds is 8. The SMILES string of the molecule is COc1ccc(C(CC(=O)O)NC(=O)CCC(C)(C)C)cc1OC. The van der Waals surface area contributed by atoms with Crippen molar-refractivity contribution >= 4 is 11.9 Å². The van der Waals surface area contributed by atoms with Crippen molar-refractivity contribution in [1.82, 2.24) is 5.32 Å². The van der Waals surface area contributed by atoms with Gasteiger partial charge in [0.2, 0.25) is 5.91 Å². The smallest absolute Gasteiger partial charge is 0.305 e. The highest BCUT2D eigenvalue weighted by molar-refractivity contribution is 5.77. The quantitative estimate of drug-likeness (QED) is 0.761. The van der Waals surface area contributed by atoms with Gasteiger partial charge in [-0.1, -0.05) is 26.8 Å². The number of hydrogen-bond donors (Lipinski definition) is 2. The molecule has 6 heteroatoms. The summed E-state index contributed by atoms with van der Waals surface area (Å²) in [7, 11) is 3.04. The lowest BCUT2D eigenvalue weighted by molar-refractivity contribution is -0.137. The van der Waals surface area contributed by atoms with Gasteiger partial charge in [-0.2, -0.15) is 0 Å². The molecule has 24 heavy (non-hydrogen) atoms. The molecule has 0 saturated heterocycles. The average Bonchev–Trinajstić information content (AvgIpc) is 2.50. The van der Waals surface area contributed by atoms with E-state index in [1.54, 1.807) is 18.2 Å². The van der Waals surface area contributed by atoms with Crippen LogP contribution < -0.4 is 14.8 Å². The molecule has 1 aromatic carbocycles. The third-order valence-electron chi connectivity index (χ3n) is 3.63. The fourth-order valence-corrected chi connectivity index (χ4v) is 2.25. The first-order valence-corrected chi connectivity index (χ1v) is 7.89. The standard InChI is InChI=1S/C18H27NO5/c1-18(2,3)9-8-16(20)19-13(11-17(21)22)12-6-7-14(23-4)15(10-12)24-5/h6-7,10,13H,8-9,11H2,1-5H3,(H,19,20)(H,21,22). The van der Waals surface area contributed by atoms with E-state index in [-0.39, 0.29) is 17.7 Å². The Morgan fingerprint density at radius 3 is 2.29 bits per heavy atom. The summed E-state index contributed by atoms with van der Waals surface area (Å²) in [6.45, 7) is 6.18. The number of amides is 1. The zero-order valence-electron chi connectivity index (χ0n) is 15.0. The summed E-state index contributed by atoms with van der Waals surface area (Å²) >= 11 is 0. The molecule has 6 nitrogen and oxygen atoms in total. The Morgan fingerprint density at radius 2 is 1.79 bits per heavy atom. The van der Waals surface area contributed by atoms with Crippen LogP contribution in [-0.4, -0.2) is 31.2 Å². The Labute approximate surface area is 143 Å². The summed E-state index contributed by atoms with van der Waals surface area (Å²) in [6.07, 6.45) is 0.883. The van der Waals surface area contributed by atoms with Crippen LogP contribution in [0.25, 0.3) is 0 Å². The van der Waals surface area contributed by atoms with Crippen LogP contribution in [0.2, 0.25) is 0 Å². The van der Waals surface area contributed by atoms with Gasteiger partial charge in [-0.25, -0.2) is 0 Å². The lowest BCUT2D eigenvalue weighted by atomic mass is 9.90. The molecule has 134 valence electrons. The van der Waals surface area contributed by atoms with Crippen LogP contribution in [0.3, 0.4) is 0 Å². The Bertz CT molecular complexity index is 577. The molecule has 0 aromatic heterocycles. The highest BCUT2D eigenvalue weighted by Gasteiger charge is 2.21. The van der Waals surface area contributed by atoms with Crippen molar-refractivity contribution in [2.24, 2.45) is 5.41 Å². The maximum atomic E-state index is 12.2. The molecule has 0 aliphatic carbocycles. The number of hydrogen-bond acceptors (Lipinski definition) is 4. The van der Waals surface area contributed by atoms with Gasteiger partial charge in [-0.15, -0.1) is 0 Å². The zero-order valence-corrected chi connectivity index (χ0v) is 15.0. The Hall–Kier alpha value is -2.24. The second-order valence-corrected chi connectivity index (χ2v) is 6.89.